The van der Waals surface area contributed by atoms with Crippen molar-refractivity contribution in [3.05, 3.63) is 138 Å². The number of sulfonamides is 2. The highest BCUT2D eigenvalue weighted by atomic mass is 32.2. The zero-order valence-electron chi connectivity index (χ0n) is 45.4. The number of hydrogen-bond donors (Lipinski definition) is 3. The van der Waals surface area contributed by atoms with Gasteiger partial charge in [0.2, 0.25) is 10.0 Å². The lowest BCUT2D eigenvalue weighted by Gasteiger charge is -2.37. The first-order valence-electron chi connectivity index (χ1n) is 26.6. The lowest BCUT2D eigenvalue weighted by molar-refractivity contribution is -0.0436. The summed E-state index contributed by atoms with van der Waals surface area (Å²) < 4.78 is 142. The van der Waals surface area contributed by atoms with Crippen LogP contribution >= 0.6 is 11.8 Å². The molecule has 0 saturated carbocycles. The molecule has 3 aliphatic rings. The number of benzene rings is 5. The number of nitrogens with zero attached hydrogens (tertiary/aromatic N) is 6. The smallest absolute Gasteiger partial charge is 0.390 e. The number of likely N-dealkylation sites (tertiary alicyclic amines) is 1. The fraction of sp³-hybridized carbons (Fsp3) is 0.386. The molecule has 0 aliphatic carbocycles. The van der Waals surface area contributed by atoms with Crippen molar-refractivity contribution in [3.8, 4) is 22.4 Å². The third-order valence-corrected chi connectivity index (χ3v) is 20.8. The van der Waals surface area contributed by atoms with Crippen LogP contribution in [-0.4, -0.2) is 156 Å². The quantitative estimate of drug-likeness (QED) is 0.0549. The highest BCUT2D eigenvalue weighted by Crippen LogP contribution is 2.42. The zero-order chi connectivity index (χ0) is 58.1. The summed E-state index contributed by atoms with van der Waals surface area (Å²) in [4.78, 5) is 21.7. The maximum Gasteiger partial charge on any atom is 0.501 e. The number of piperazine rings is 2. The van der Waals surface area contributed by atoms with Gasteiger partial charge in [0.25, 0.3) is 25.8 Å². The van der Waals surface area contributed by atoms with Crippen LogP contribution in [0, 0.1) is 12.7 Å². The summed E-state index contributed by atoms with van der Waals surface area (Å²) in [7, 11) is -12.3. The van der Waals surface area contributed by atoms with Crippen molar-refractivity contribution in [3.63, 3.8) is 0 Å². The van der Waals surface area contributed by atoms with Crippen LogP contribution < -0.4 is 19.8 Å². The maximum atomic E-state index is 14.5. The van der Waals surface area contributed by atoms with Gasteiger partial charge in [-0.15, -0.1) is 11.8 Å². The van der Waals surface area contributed by atoms with Gasteiger partial charge in [-0.3, -0.25) is 9.52 Å². The number of anilines is 4. The van der Waals surface area contributed by atoms with E-state index in [4.69, 9.17) is 0 Å². The number of piperidine rings is 1. The predicted molar refractivity (Wildman–Crippen MR) is 310 cm³/mol. The number of rotatable bonds is 18. The molecule has 3 saturated heterocycles. The second-order valence-corrected chi connectivity index (χ2v) is 27.7. The number of amides is 1. The molecule has 5 aromatic carbocycles. The van der Waals surface area contributed by atoms with E-state index in [1.165, 1.54) is 40.3 Å². The molecule has 3 fully saturated rings. The van der Waals surface area contributed by atoms with Gasteiger partial charge in [-0.25, -0.2) is 29.6 Å². The maximum absolute atomic E-state index is 14.5. The Morgan fingerprint density at radius 2 is 1.37 bits per heavy atom. The van der Waals surface area contributed by atoms with Crippen LogP contribution in [-0.2, 0) is 36.9 Å². The minimum atomic E-state index is -6.06. The monoisotopic (exact) mass is 1190 g/mol. The van der Waals surface area contributed by atoms with Crippen LogP contribution in [0.2, 0.25) is 0 Å². The molecule has 24 heteroatoms. The summed E-state index contributed by atoms with van der Waals surface area (Å²) in [6.45, 7) is 8.45. The van der Waals surface area contributed by atoms with E-state index in [0.717, 1.165) is 45.9 Å². The Labute approximate surface area is 475 Å². The third-order valence-electron chi connectivity index (χ3n) is 15.4. The number of carbonyl (C=O) groups excluding carboxylic acids is 1. The van der Waals surface area contributed by atoms with Gasteiger partial charge in [-0.05, 0) is 135 Å². The van der Waals surface area contributed by atoms with Gasteiger partial charge in [0.1, 0.15) is 10.7 Å². The molecule has 0 unspecified atom stereocenters. The molecule has 1 aromatic heterocycles. The van der Waals surface area contributed by atoms with Crippen molar-refractivity contribution in [2.45, 2.75) is 64.9 Å². The standard InChI is InChI=1S/C57H66F4N8O8S4/c1-40-52(55(70)68-33-35-69(36-34-68)79(4,72)73)53(54(64(40)3)41-13-15-43(58)16-14-41)42-9-8-10-47(37-42)67-31-29-66(30-32-67)46-19-17-44(18-20-46)63-81(76,77)49-21-22-50(51(38-49)80(74,75)57(59,60)61)62-45(39-78-48-11-6-5-7-12-48)23-26-65-27-24-56(2,71)25-28-65/h5-22,37-38,45,62-63,71H,23-36,39H2,1-4H3/t45-/m1/s1. The van der Waals surface area contributed by atoms with E-state index in [1.54, 1.807) is 36.1 Å². The largest absolute Gasteiger partial charge is 0.501 e. The van der Waals surface area contributed by atoms with Crippen molar-refractivity contribution >= 4 is 70.3 Å². The average molecular weight is 1200 g/mol. The molecule has 0 bridgehead atoms. The summed E-state index contributed by atoms with van der Waals surface area (Å²) in [5, 5.41) is 13.5. The predicted octanol–water partition coefficient (Wildman–Crippen LogP) is 8.75. The van der Waals surface area contributed by atoms with Crippen molar-refractivity contribution in [2.75, 3.05) is 104 Å². The molecule has 434 valence electrons. The molecule has 81 heavy (non-hydrogen) atoms. The summed E-state index contributed by atoms with van der Waals surface area (Å²) in [6, 6.07) is 31.9. The molecule has 6 aromatic rings. The number of aliphatic hydroxyl groups is 1. The molecular formula is C57H66F4N8O8S4. The second-order valence-electron chi connectivity index (χ2n) is 21.1. The number of nitrogens with one attached hydrogen (secondary N) is 2. The Hall–Kier alpha value is -6.15. The molecule has 3 N–H and O–H groups in total. The summed E-state index contributed by atoms with van der Waals surface area (Å²) in [5.41, 5.74) is -1.12. The Kier molecular flexibility index (Phi) is 17.6. The molecule has 16 nitrogen and oxygen atoms in total. The SMILES string of the molecule is Cc1c(C(=O)N2CCN(S(C)(=O)=O)CC2)c(-c2cccc(N3CCN(c4ccc(NS(=O)(=O)c5ccc(N[C@H](CCN6CCC(C)(O)CC6)CSc6ccccc6)c(S(=O)(=O)C(F)(F)F)c5)cc4)CC3)c2)c(-c2ccc(F)cc2)n1C. The van der Waals surface area contributed by atoms with E-state index in [2.05, 4.69) is 24.7 Å². The molecule has 1 amide bonds. The lowest BCUT2D eigenvalue weighted by atomic mass is 9.94. The third kappa shape index (κ3) is 13.7. The van der Waals surface area contributed by atoms with Crippen LogP contribution in [0.25, 0.3) is 22.4 Å². The first-order chi connectivity index (χ1) is 38.3. The Balaban J connectivity index is 0.895. The first kappa shape index (κ1) is 59.5. The highest BCUT2D eigenvalue weighted by Gasteiger charge is 2.48. The molecule has 9 rings (SSSR count). The number of alkyl halides is 3. The normalized spacial score (nSPS) is 17.3. The lowest BCUT2D eigenvalue weighted by Crippen LogP contribution is -2.50. The fourth-order valence-electron chi connectivity index (χ4n) is 10.6. The number of thioether (sulfide) groups is 1. The van der Waals surface area contributed by atoms with Crippen LogP contribution in [0.3, 0.4) is 0 Å². The second kappa shape index (κ2) is 24.0. The van der Waals surface area contributed by atoms with Crippen LogP contribution in [0.4, 0.5) is 40.3 Å². The minimum Gasteiger partial charge on any atom is -0.390 e. The van der Waals surface area contributed by atoms with E-state index in [-0.39, 0.29) is 43.5 Å². The molecular weight excluding hydrogens is 1130 g/mol. The van der Waals surface area contributed by atoms with Crippen molar-refractivity contribution in [1.29, 1.82) is 0 Å². The van der Waals surface area contributed by atoms with Gasteiger partial charge in [0.15, 0.2) is 0 Å². The summed E-state index contributed by atoms with van der Waals surface area (Å²) in [5.74, 6) is -0.288. The molecule has 0 spiro atoms. The Morgan fingerprint density at radius 3 is 1.99 bits per heavy atom. The van der Waals surface area contributed by atoms with E-state index in [9.17, 15) is 52.7 Å². The fourth-order valence-corrected chi connectivity index (χ4v) is 14.5. The molecule has 0 radical (unpaired) electrons. The number of aromatic nitrogens is 1. The minimum absolute atomic E-state index is 0.0963. The number of halogens is 4. The molecule has 1 atom stereocenters. The summed E-state index contributed by atoms with van der Waals surface area (Å²) in [6.07, 6.45) is 2.67. The first-order valence-corrected chi connectivity index (χ1v) is 32.4. The van der Waals surface area contributed by atoms with Gasteiger partial charge in [-0.1, -0.05) is 30.3 Å². The number of carbonyl (C=O) groups is 1. The van der Waals surface area contributed by atoms with Crippen molar-refractivity contribution in [2.24, 2.45) is 7.05 Å². The summed E-state index contributed by atoms with van der Waals surface area (Å²) >= 11 is 1.44. The highest BCUT2D eigenvalue weighted by molar-refractivity contribution is 7.99. The van der Waals surface area contributed by atoms with E-state index >= 15 is 0 Å². The average Bonchev–Trinajstić information content (AvgIpc) is 3.73. The number of hydrogen-bond acceptors (Lipinski definition) is 13. The van der Waals surface area contributed by atoms with Crippen LogP contribution in [0.5, 0.6) is 0 Å². The molecule has 4 heterocycles. The van der Waals surface area contributed by atoms with Gasteiger partial charge < -0.3 is 34.6 Å². The van der Waals surface area contributed by atoms with E-state index in [0.29, 0.717) is 99.3 Å². The van der Waals surface area contributed by atoms with Gasteiger partial charge in [0, 0.05) is 124 Å². The van der Waals surface area contributed by atoms with E-state index in [1.807, 2.05) is 73.1 Å². The Bertz CT molecular complexity index is 3570. The van der Waals surface area contributed by atoms with Gasteiger partial charge in [0.05, 0.1) is 33.7 Å². The van der Waals surface area contributed by atoms with Gasteiger partial charge in [-0.2, -0.15) is 17.5 Å². The van der Waals surface area contributed by atoms with Crippen LogP contribution in [0.1, 0.15) is 42.2 Å². The molecule has 3 aliphatic heterocycles. The number of sulfone groups is 1. The zero-order valence-corrected chi connectivity index (χ0v) is 48.6. The Morgan fingerprint density at radius 1 is 0.741 bits per heavy atom. The van der Waals surface area contributed by atoms with Gasteiger partial charge >= 0.3 is 5.51 Å². The van der Waals surface area contributed by atoms with E-state index < -0.39 is 62.6 Å². The topological polar surface area (TPSA) is 185 Å². The van der Waals surface area contributed by atoms with Crippen LogP contribution in [0.15, 0.2) is 136 Å². The van der Waals surface area contributed by atoms with Crippen molar-refractivity contribution in [1.82, 2.24) is 18.7 Å². The van der Waals surface area contributed by atoms with Crippen molar-refractivity contribution < 1.29 is 52.7 Å².